The molecule has 0 spiro atoms. The Hall–Kier alpha value is -1.34. The first-order valence-electron chi connectivity index (χ1n) is 16.2. The fraction of sp³-hybridized carbons (Fsp3) is 0.722. The molecule has 0 bridgehead atoms. The molecule has 0 aliphatic carbocycles. The number of rotatable bonds is 29. The summed E-state index contributed by atoms with van der Waals surface area (Å²) in [5, 5.41) is 0. The maximum absolute atomic E-state index is 5.84. The minimum absolute atomic E-state index is 0.963. The van der Waals surface area contributed by atoms with Crippen molar-refractivity contribution in [3.05, 3.63) is 60.8 Å². The van der Waals surface area contributed by atoms with Gasteiger partial charge in [0.15, 0.2) is 0 Å². The zero-order valence-electron chi connectivity index (χ0n) is 25.2. The van der Waals surface area contributed by atoms with Crippen LogP contribution in [0.25, 0.3) is 0 Å². The summed E-state index contributed by atoms with van der Waals surface area (Å²) in [4.78, 5) is 0. The van der Waals surface area contributed by atoms with Crippen LogP contribution in [0.5, 0.6) is 0 Å². The third-order valence-electron chi connectivity index (χ3n) is 6.68. The van der Waals surface area contributed by atoms with Crippen molar-refractivity contribution in [2.45, 2.75) is 155 Å². The van der Waals surface area contributed by atoms with Crippen LogP contribution in [0.4, 0.5) is 0 Å². The van der Waals surface area contributed by atoms with E-state index in [9.17, 15) is 0 Å². The van der Waals surface area contributed by atoms with Gasteiger partial charge in [-0.25, -0.2) is 0 Å². The van der Waals surface area contributed by atoms with Crippen LogP contribution in [0.1, 0.15) is 155 Å². The first-order chi connectivity index (χ1) is 18.4. The van der Waals surface area contributed by atoms with Crippen LogP contribution in [-0.2, 0) is 4.74 Å². The molecular formula is C36H64O. The van der Waals surface area contributed by atoms with E-state index in [-0.39, 0.29) is 0 Å². The molecular weight excluding hydrogens is 448 g/mol. The van der Waals surface area contributed by atoms with Crippen LogP contribution in [0, 0.1) is 0 Å². The minimum Gasteiger partial charge on any atom is -0.381 e. The fourth-order valence-electron chi connectivity index (χ4n) is 4.29. The van der Waals surface area contributed by atoms with E-state index in [0.717, 1.165) is 38.9 Å². The van der Waals surface area contributed by atoms with Gasteiger partial charge in [-0.2, -0.15) is 0 Å². The molecule has 0 aliphatic rings. The van der Waals surface area contributed by atoms with Crippen LogP contribution in [0.3, 0.4) is 0 Å². The Balaban J connectivity index is 3.17. The van der Waals surface area contributed by atoms with E-state index < -0.39 is 0 Å². The highest BCUT2D eigenvalue weighted by molar-refractivity contribution is 4.97. The molecule has 1 heteroatoms. The minimum atomic E-state index is 0.963. The van der Waals surface area contributed by atoms with Gasteiger partial charge in [0.25, 0.3) is 0 Å². The van der Waals surface area contributed by atoms with Gasteiger partial charge < -0.3 is 4.74 Å². The summed E-state index contributed by atoms with van der Waals surface area (Å²) in [6.45, 7) is 6.37. The van der Waals surface area contributed by atoms with Crippen molar-refractivity contribution < 1.29 is 4.74 Å². The van der Waals surface area contributed by atoms with E-state index in [0.29, 0.717) is 0 Å². The Bertz CT molecular complexity index is 551. The van der Waals surface area contributed by atoms with Crippen LogP contribution in [0.15, 0.2) is 60.8 Å². The van der Waals surface area contributed by atoms with Gasteiger partial charge in [0.1, 0.15) is 0 Å². The molecule has 0 aromatic carbocycles. The molecule has 0 atom stereocenters. The number of allylic oxidation sites excluding steroid dienone is 10. The average Bonchev–Trinajstić information content (AvgIpc) is 2.91. The Morgan fingerprint density at radius 2 is 0.703 bits per heavy atom. The fourth-order valence-corrected chi connectivity index (χ4v) is 4.29. The van der Waals surface area contributed by atoms with Crippen molar-refractivity contribution >= 4 is 0 Å². The van der Waals surface area contributed by atoms with Crippen molar-refractivity contribution in [1.82, 2.24) is 0 Å². The lowest BCUT2D eigenvalue weighted by atomic mass is 10.1. The van der Waals surface area contributed by atoms with E-state index in [1.54, 1.807) is 0 Å². The topological polar surface area (TPSA) is 9.23 Å². The normalized spacial score (nSPS) is 12.6. The van der Waals surface area contributed by atoms with Crippen molar-refractivity contribution in [1.29, 1.82) is 0 Å². The van der Waals surface area contributed by atoms with Crippen LogP contribution >= 0.6 is 0 Å². The largest absolute Gasteiger partial charge is 0.381 e. The highest BCUT2D eigenvalue weighted by Gasteiger charge is 1.94. The summed E-state index contributed by atoms with van der Waals surface area (Å²) in [5.74, 6) is 0. The number of hydrogen-bond donors (Lipinski definition) is 0. The van der Waals surface area contributed by atoms with E-state index in [1.165, 1.54) is 116 Å². The Kier molecular flexibility index (Phi) is 33.4. The second-order valence-electron chi connectivity index (χ2n) is 10.4. The van der Waals surface area contributed by atoms with Gasteiger partial charge in [0.2, 0.25) is 0 Å². The van der Waals surface area contributed by atoms with E-state index in [4.69, 9.17) is 4.74 Å². The molecule has 0 N–H and O–H groups in total. The molecule has 37 heavy (non-hydrogen) atoms. The molecule has 0 rings (SSSR count). The maximum atomic E-state index is 5.84. The van der Waals surface area contributed by atoms with Gasteiger partial charge in [0.05, 0.1) is 0 Å². The monoisotopic (exact) mass is 512 g/mol. The second-order valence-corrected chi connectivity index (χ2v) is 10.4. The van der Waals surface area contributed by atoms with Gasteiger partial charge in [-0.05, 0) is 77.0 Å². The zero-order chi connectivity index (χ0) is 26.7. The predicted molar refractivity (Wildman–Crippen MR) is 169 cm³/mol. The van der Waals surface area contributed by atoms with Crippen molar-refractivity contribution in [2.24, 2.45) is 0 Å². The highest BCUT2D eigenvalue weighted by Crippen LogP contribution is 2.10. The Labute approximate surface area is 233 Å². The molecule has 0 unspecified atom stereocenters. The molecule has 1 nitrogen and oxygen atoms in total. The van der Waals surface area contributed by atoms with Crippen molar-refractivity contribution in [3.8, 4) is 0 Å². The third kappa shape index (κ3) is 34.7. The van der Waals surface area contributed by atoms with E-state index >= 15 is 0 Å². The Morgan fingerprint density at radius 3 is 1.14 bits per heavy atom. The van der Waals surface area contributed by atoms with Gasteiger partial charge in [0, 0.05) is 13.2 Å². The van der Waals surface area contributed by atoms with Crippen LogP contribution in [-0.4, -0.2) is 13.2 Å². The van der Waals surface area contributed by atoms with E-state index in [1.807, 2.05) is 0 Å². The van der Waals surface area contributed by atoms with Crippen molar-refractivity contribution in [3.63, 3.8) is 0 Å². The SMILES string of the molecule is CC/C=C\C/C=C\C/C=C\CCCCCCCCOCCCCCCCC/C=C\C/C=C\CCCCC. The average molecular weight is 513 g/mol. The quantitative estimate of drug-likeness (QED) is 0.0715. The zero-order valence-corrected chi connectivity index (χ0v) is 25.2. The molecule has 0 heterocycles. The molecule has 0 aromatic heterocycles. The van der Waals surface area contributed by atoms with Crippen LogP contribution < -0.4 is 0 Å². The smallest absolute Gasteiger partial charge is 0.0466 e. The Morgan fingerprint density at radius 1 is 0.351 bits per heavy atom. The lowest BCUT2D eigenvalue weighted by molar-refractivity contribution is 0.125. The van der Waals surface area contributed by atoms with Crippen molar-refractivity contribution in [2.75, 3.05) is 13.2 Å². The number of ether oxygens (including phenoxy) is 1. The first-order valence-corrected chi connectivity index (χ1v) is 16.2. The number of unbranched alkanes of at least 4 members (excludes halogenated alkanes) is 15. The summed E-state index contributed by atoms with van der Waals surface area (Å²) in [6.07, 6.45) is 51.3. The van der Waals surface area contributed by atoms with E-state index in [2.05, 4.69) is 74.6 Å². The first kappa shape index (κ1) is 35.7. The maximum Gasteiger partial charge on any atom is 0.0466 e. The van der Waals surface area contributed by atoms with Gasteiger partial charge in [-0.15, -0.1) is 0 Å². The second kappa shape index (κ2) is 34.7. The lowest BCUT2D eigenvalue weighted by Crippen LogP contribution is -1.97. The molecule has 0 saturated heterocycles. The molecule has 0 saturated carbocycles. The van der Waals surface area contributed by atoms with Gasteiger partial charge >= 0.3 is 0 Å². The van der Waals surface area contributed by atoms with Crippen LogP contribution in [0.2, 0.25) is 0 Å². The van der Waals surface area contributed by atoms with Gasteiger partial charge in [-0.3, -0.25) is 0 Å². The standard InChI is InChI=1S/C36H64O/c1-3-5-7-9-11-13-15-17-19-21-23-25-27-29-31-33-35-37-36-34-32-30-28-26-24-22-20-18-16-14-12-10-8-6-4-2/h5,7,11-14,17-20H,3-4,6,8-10,15-16,21-36H2,1-2H3/b7-5-,13-11-,14-12-,19-17-,20-18-. The molecule has 0 amide bonds. The number of hydrogen-bond acceptors (Lipinski definition) is 1. The lowest BCUT2D eigenvalue weighted by Gasteiger charge is -2.05. The summed E-state index contributed by atoms with van der Waals surface area (Å²) in [7, 11) is 0. The molecule has 0 aromatic rings. The highest BCUT2D eigenvalue weighted by atomic mass is 16.5. The predicted octanol–water partition coefficient (Wildman–Crippen LogP) is 12.4. The molecule has 0 aliphatic heterocycles. The summed E-state index contributed by atoms with van der Waals surface area (Å²) >= 11 is 0. The summed E-state index contributed by atoms with van der Waals surface area (Å²) < 4.78 is 5.84. The molecule has 214 valence electrons. The third-order valence-corrected chi connectivity index (χ3v) is 6.68. The summed E-state index contributed by atoms with van der Waals surface area (Å²) in [5.41, 5.74) is 0. The van der Waals surface area contributed by atoms with Gasteiger partial charge in [-0.1, -0.05) is 139 Å². The molecule has 0 radical (unpaired) electrons. The summed E-state index contributed by atoms with van der Waals surface area (Å²) in [6, 6.07) is 0. The molecule has 0 fully saturated rings.